The van der Waals surface area contributed by atoms with Crippen LogP contribution in [0.15, 0.2) is 0 Å². The lowest BCUT2D eigenvalue weighted by Crippen LogP contribution is -2.30. The molecule has 10 fully saturated rings. The summed E-state index contributed by atoms with van der Waals surface area (Å²) in [4.78, 5) is 3.63. The van der Waals surface area contributed by atoms with E-state index in [0.29, 0.717) is 48.0 Å². The Morgan fingerprint density at radius 2 is 0.941 bits per heavy atom. The van der Waals surface area contributed by atoms with E-state index in [1.807, 2.05) is 13.8 Å². The number of aliphatic hydroxyl groups is 2. The molecule has 0 bridgehead atoms. The molecule has 10 aliphatic rings. The minimum Gasteiger partial charge on any atom is -0.393 e. The van der Waals surface area contributed by atoms with Gasteiger partial charge in [0.15, 0.2) is 0 Å². The lowest BCUT2D eigenvalue weighted by molar-refractivity contribution is -0.0438. The predicted molar refractivity (Wildman–Crippen MR) is 283 cm³/mol. The summed E-state index contributed by atoms with van der Waals surface area (Å²) in [6, 6.07) is 2.69. The molecule has 10 rings (SSSR count). The Bertz CT molecular complexity index is 1320. The molecule has 400 valence electrons. The predicted octanol–water partition coefficient (Wildman–Crippen LogP) is 16.9. The van der Waals surface area contributed by atoms with Crippen molar-refractivity contribution in [2.75, 3.05) is 0 Å². The molecular formula is C59H111F3N4O2. The van der Waals surface area contributed by atoms with Crippen molar-refractivity contribution < 1.29 is 23.4 Å². The number of halogens is 3. The molecule has 4 unspecified atom stereocenters. The van der Waals surface area contributed by atoms with Gasteiger partial charge in [-0.2, -0.15) is 5.26 Å². The molecule has 68 heavy (non-hydrogen) atoms. The zero-order valence-electron chi connectivity index (χ0n) is 46.5. The Labute approximate surface area is 419 Å². The molecule has 0 aromatic carbocycles. The van der Waals surface area contributed by atoms with Gasteiger partial charge in [0, 0.05) is 50.1 Å². The summed E-state index contributed by atoms with van der Waals surface area (Å²) in [6.45, 7) is 32.7. The zero-order valence-corrected chi connectivity index (χ0v) is 46.5. The van der Waals surface area contributed by atoms with Crippen molar-refractivity contribution in [3.63, 3.8) is 0 Å². The van der Waals surface area contributed by atoms with Crippen LogP contribution in [0.25, 0.3) is 4.85 Å². The van der Waals surface area contributed by atoms with Crippen LogP contribution in [-0.2, 0) is 0 Å². The molecule has 8 atom stereocenters. The van der Waals surface area contributed by atoms with E-state index in [2.05, 4.69) is 73.2 Å². The van der Waals surface area contributed by atoms with Crippen LogP contribution in [0, 0.1) is 64.2 Å². The number of nitrogens with two attached hydrogens (primary N) is 2. The second-order valence-corrected chi connectivity index (χ2v) is 26.2. The Morgan fingerprint density at radius 1 is 0.529 bits per heavy atom. The zero-order chi connectivity index (χ0) is 51.8. The van der Waals surface area contributed by atoms with Crippen LogP contribution in [0.5, 0.6) is 0 Å². The molecule has 0 saturated heterocycles. The number of nitriles is 1. The minimum atomic E-state index is -2.34. The van der Waals surface area contributed by atoms with Crippen molar-refractivity contribution >= 4 is 0 Å². The Balaban J connectivity index is 0.000000381. The van der Waals surface area contributed by atoms with Gasteiger partial charge >= 0.3 is 0 Å². The first-order valence-corrected chi connectivity index (χ1v) is 28.2. The summed E-state index contributed by atoms with van der Waals surface area (Å²) in [5.41, 5.74) is 12.2. The van der Waals surface area contributed by atoms with Crippen molar-refractivity contribution in [3.05, 3.63) is 11.4 Å². The SMILES string of the molecule is CC1(C)CC1.CC1(C)CCCCC1.CC1(F)CC1.CC1(N)CC1.CC1CCC(F)(F)CC1.C[C@@H]1CCCC(O)C1.C[C@@H]1CCCCC1N.C[C@H]1CC1C#N.C[C@H]1CC1O.[C-]#[N+]C1(C)CCCCC1. The summed E-state index contributed by atoms with van der Waals surface area (Å²) in [5, 5.41) is 25.6. The number of hydrogen-bond acceptors (Lipinski definition) is 5. The topological polar surface area (TPSA) is 121 Å². The van der Waals surface area contributed by atoms with Gasteiger partial charge in [0.2, 0.25) is 11.5 Å². The third-order valence-electron chi connectivity index (χ3n) is 16.1. The van der Waals surface area contributed by atoms with Gasteiger partial charge in [-0.05, 0) is 170 Å². The normalized spacial score (nSPS) is 33.5. The highest BCUT2D eigenvalue weighted by atomic mass is 19.3. The first-order chi connectivity index (χ1) is 31.4. The molecule has 10 aliphatic carbocycles. The van der Waals surface area contributed by atoms with Gasteiger partial charge in [-0.3, -0.25) is 0 Å². The molecule has 10 saturated carbocycles. The van der Waals surface area contributed by atoms with Gasteiger partial charge in [0.1, 0.15) is 5.67 Å². The van der Waals surface area contributed by atoms with E-state index in [9.17, 15) is 13.2 Å². The first kappa shape index (κ1) is 64.6. The van der Waals surface area contributed by atoms with Gasteiger partial charge in [-0.15, -0.1) is 0 Å². The van der Waals surface area contributed by atoms with E-state index in [1.54, 1.807) is 6.92 Å². The van der Waals surface area contributed by atoms with E-state index in [0.717, 1.165) is 68.6 Å². The maximum atomic E-state index is 12.4. The Morgan fingerprint density at radius 3 is 1.13 bits per heavy atom. The van der Waals surface area contributed by atoms with Crippen molar-refractivity contribution in [1.29, 1.82) is 5.26 Å². The van der Waals surface area contributed by atoms with Crippen molar-refractivity contribution in [2.24, 2.45) is 57.8 Å². The van der Waals surface area contributed by atoms with Gasteiger partial charge in [-0.1, -0.05) is 114 Å². The molecule has 6 nitrogen and oxygen atoms in total. The van der Waals surface area contributed by atoms with E-state index in [4.69, 9.17) is 33.5 Å². The Kier molecular flexibility index (Phi) is 29.7. The number of hydrogen-bond donors (Lipinski definition) is 4. The fraction of sp³-hybridized carbons (Fsp3) is 0.966. The van der Waals surface area contributed by atoms with Gasteiger partial charge in [0.05, 0.1) is 18.3 Å². The van der Waals surface area contributed by atoms with E-state index in [-0.39, 0.29) is 36.1 Å². The maximum absolute atomic E-state index is 12.4. The maximum Gasteiger partial charge on any atom is 0.248 e. The molecule has 0 amide bonds. The summed E-state index contributed by atoms with van der Waals surface area (Å²) in [5.74, 6) is 1.44. The van der Waals surface area contributed by atoms with Crippen molar-refractivity contribution in [2.45, 2.75) is 317 Å². The summed E-state index contributed by atoms with van der Waals surface area (Å²) in [6.07, 6.45) is 34.1. The quantitative estimate of drug-likeness (QED) is 0.180. The van der Waals surface area contributed by atoms with Gasteiger partial charge in [0.25, 0.3) is 0 Å². The second kappa shape index (κ2) is 31.3. The van der Waals surface area contributed by atoms with Crippen LogP contribution < -0.4 is 11.5 Å². The van der Waals surface area contributed by atoms with Crippen LogP contribution in [0.1, 0.15) is 276 Å². The fourth-order valence-electron chi connectivity index (χ4n) is 8.29. The smallest absolute Gasteiger partial charge is 0.248 e. The van der Waals surface area contributed by atoms with Gasteiger partial charge < -0.3 is 26.5 Å². The van der Waals surface area contributed by atoms with Crippen molar-refractivity contribution in [1.82, 2.24) is 0 Å². The number of aliphatic hydroxyl groups excluding tert-OH is 2. The average molecular weight is 966 g/mol. The van der Waals surface area contributed by atoms with Crippen LogP contribution in [0.2, 0.25) is 0 Å². The third-order valence-corrected chi connectivity index (χ3v) is 16.1. The standard InChI is InChI=1S/C8H13N.C8H16.C7H12F2.C7H15N.C7H14O.C5H7N.C5H10.C4H7F.C4H9N.C4H8O/c1-8(9-2)6-4-3-5-7-8;1-8(2)6-4-3-5-7-8;1-6-2-4-7(8,9)5-3-6;1-6-4-2-3-5-7(6)8;1-6-3-2-4-7(8)5-6;1-4-2-5(4)3-6;1-5(2)3-4-5;2*1-4(5)2-3-4;1-3-2-4(3)5/h3-7H2,1H3;3-7H2,1-2H3;6H,2-5H2,1H3;6-7H,2-5,8H2,1H3;6-8H,2-5H2,1H3;4-5H,2H2,1H3;3-4H2,1-2H3;2-3H2,1H3;2-3,5H2,1H3;3-5H,2H2,1H3/t;;;2*6-,7?;4-,5?;;;;3-,4?/m...110...0/s1. The minimum absolute atomic E-state index is 0.0122. The summed E-state index contributed by atoms with van der Waals surface area (Å²) < 4.78 is 36.6. The molecule has 0 aromatic heterocycles. The number of alkyl halides is 3. The molecular weight excluding hydrogens is 854 g/mol. The van der Waals surface area contributed by atoms with Crippen molar-refractivity contribution in [3.8, 4) is 6.07 Å². The summed E-state index contributed by atoms with van der Waals surface area (Å²) >= 11 is 0. The highest BCUT2D eigenvalue weighted by Gasteiger charge is 2.37. The second-order valence-electron chi connectivity index (χ2n) is 26.2. The lowest BCUT2D eigenvalue weighted by Gasteiger charge is -2.28. The monoisotopic (exact) mass is 965 g/mol. The number of nitrogens with zero attached hydrogens (tertiary/aromatic N) is 2. The highest BCUT2D eigenvalue weighted by Crippen LogP contribution is 2.44. The van der Waals surface area contributed by atoms with Crippen LogP contribution >= 0.6 is 0 Å². The molecule has 6 N–H and O–H groups in total. The van der Waals surface area contributed by atoms with Crippen LogP contribution in [0.3, 0.4) is 0 Å². The Hall–Kier alpha value is -1.39. The molecule has 9 heteroatoms. The van der Waals surface area contributed by atoms with Crippen LogP contribution in [-0.4, -0.2) is 51.1 Å². The molecule has 0 spiro atoms. The number of rotatable bonds is 0. The van der Waals surface area contributed by atoms with E-state index >= 15 is 0 Å². The van der Waals surface area contributed by atoms with E-state index < -0.39 is 11.6 Å². The first-order valence-electron chi connectivity index (χ1n) is 28.2. The highest BCUT2D eigenvalue weighted by molar-refractivity contribution is 4.99. The van der Waals surface area contributed by atoms with E-state index in [1.165, 1.54) is 116 Å². The average Bonchev–Trinajstić information content (AvgIpc) is 4.04. The fourth-order valence-corrected chi connectivity index (χ4v) is 8.29. The largest absolute Gasteiger partial charge is 0.393 e. The third kappa shape index (κ3) is 37.4. The molecule has 0 radical (unpaired) electrons. The molecule has 0 aromatic rings. The van der Waals surface area contributed by atoms with Gasteiger partial charge in [-0.25, -0.2) is 19.7 Å². The van der Waals surface area contributed by atoms with Crippen LogP contribution in [0.4, 0.5) is 13.2 Å². The molecule has 0 aliphatic heterocycles. The molecule has 0 heterocycles. The summed E-state index contributed by atoms with van der Waals surface area (Å²) in [7, 11) is 0. The lowest BCUT2D eigenvalue weighted by atomic mass is 9.78.